The maximum atomic E-state index is 12.5. The van der Waals surface area contributed by atoms with Crippen molar-refractivity contribution in [3.63, 3.8) is 0 Å². The highest BCUT2D eigenvalue weighted by atomic mass is 32.2. The molecule has 0 fully saturated rings. The first-order valence-electron chi connectivity index (χ1n) is 11.2. The highest BCUT2D eigenvalue weighted by Gasteiger charge is 2.32. The number of thioether (sulfide) groups is 2. The van der Waals surface area contributed by atoms with Crippen molar-refractivity contribution in [2.75, 3.05) is 17.3 Å². The highest BCUT2D eigenvalue weighted by Crippen LogP contribution is 2.36. The summed E-state index contributed by atoms with van der Waals surface area (Å²) in [7, 11) is 0. The average molecular weight is 477 g/mol. The Balaban J connectivity index is 1.68. The predicted molar refractivity (Wildman–Crippen MR) is 136 cm³/mol. The number of ether oxygens (including phenoxy) is 2. The van der Waals surface area contributed by atoms with E-state index >= 15 is 0 Å². The number of hydrogen-bond donors (Lipinski definition) is 0. The van der Waals surface area contributed by atoms with Crippen LogP contribution in [0.1, 0.15) is 53.9 Å². The van der Waals surface area contributed by atoms with Crippen molar-refractivity contribution in [3.05, 3.63) is 53.5 Å². The molecule has 1 unspecified atom stereocenters. The molecule has 6 heteroatoms. The topological polar surface area (TPSA) is 52.6 Å². The van der Waals surface area contributed by atoms with Crippen LogP contribution in [-0.4, -0.2) is 35.3 Å². The maximum Gasteiger partial charge on any atom is 0.316 e. The number of rotatable bonds is 12. The number of para-hydroxylation sites is 1. The zero-order chi connectivity index (χ0) is 23.6. The van der Waals surface area contributed by atoms with Crippen LogP contribution in [0.5, 0.6) is 5.75 Å². The second-order valence-electron chi connectivity index (χ2n) is 9.18. The van der Waals surface area contributed by atoms with E-state index in [4.69, 9.17) is 9.47 Å². The Morgan fingerprint density at radius 3 is 2.47 bits per heavy atom. The second-order valence-corrected chi connectivity index (χ2v) is 11.6. The lowest BCUT2D eigenvalue weighted by molar-refractivity contribution is -0.150. The third-order valence-corrected chi connectivity index (χ3v) is 7.51. The molecule has 0 heterocycles. The minimum absolute atomic E-state index is 0.133. The first-order valence-corrected chi connectivity index (χ1v) is 13.4. The van der Waals surface area contributed by atoms with E-state index < -0.39 is 5.41 Å². The Hall–Kier alpha value is -1.66. The summed E-state index contributed by atoms with van der Waals surface area (Å²) in [5.41, 5.74) is -0.727. The molecule has 0 radical (unpaired) electrons. The van der Waals surface area contributed by atoms with Crippen molar-refractivity contribution >= 4 is 35.5 Å². The molecule has 0 N–H and O–H groups in total. The minimum atomic E-state index is -0.515. The normalized spacial score (nSPS) is 17.5. The van der Waals surface area contributed by atoms with Gasteiger partial charge in [-0.2, -0.15) is 11.8 Å². The Labute approximate surface area is 201 Å². The van der Waals surface area contributed by atoms with Crippen LogP contribution in [0.15, 0.2) is 53.5 Å². The molecular formula is C26H36O4S2. The van der Waals surface area contributed by atoms with Crippen LogP contribution >= 0.6 is 23.5 Å². The Bertz CT molecular complexity index is 812. The summed E-state index contributed by atoms with van der Waals surface area (Å²) in [6.45, 7) is 10.1. The van der Waals surface area contributed by atoms with Gasteiger partial charge in [0.2, 0.25) is 0 Å². The molecule has 0 saturated heterocycles. The molecule has 0 bridgehead atoms. The smallest absolute Gasteiger partial charge is 0.316 e. The van der Waals surface area contributed by atoms with Gasteiger partial charge in [-0.25, -0.2) is 0 Å². The molecule has 0 amide bonds. The summed E-state index contributed by atoms with van der Waals surface area (Å²) in [5, 5.41) is 0. The molecule has 1 atom stereocenters. The quantitative estimate of drug-likeness (QED) is 0.191. The lowest BCUT2D eigenvalue weighted by atomic mass is 9.83. The molecule has 0 saturated carbocycles. The number of allylic oxidation sites excluding steroid dienone is 1. The van der Waals surface area contributed by atoms with Gasteiger partial charge in [-0.05, 0) is 56.7 Å². The monoisotopic (exact) mass is 476 g/mol. The molecule has 4 nitrogen and oxygen atoms in total. The van der Waals surface area contributed by atoms with Gasteiger partial charge < -0.3 is 9.47 Å². The van der Waals surface area contributed by atoms with E-state index in [-0.39, 0.29) is 23.5 Å². The number of esters is 2. The molecule has 2 rings (SSSR count). The molecular weight excluding hydrogens is 440 g/mol. The van der Waals surface area contributed by atoms with E-state index in [2.05, 4.69) is 26.0 Å². The molecule has 32 heavy (non-hydrogen) atoms. The van der Waals surface area contributed by atoms with Gasteiger partial charge in [-0.3, -0.25) is 9.59 Å². The summed E-state index contributed by atoms with van der Waals surface area (Å²) in [4.78, 5) is 25.5. The van der Waals surface area contributed by atoms with E-state index in [1.807, 2.05) is 68.6 Å². The van der Waals surface area contributed by atoms with Crippen LogP contribution in [-0.2, 0) is 14.3 Å². The fourth-order valence-electron chi connectivity index (χ4n) is 3.10. The van der Waals surface area contributed by atoms with Crippen molar-refractivity contribution in [1.29, 1.82) is 0 Å². The van der Waals surface area contributed by atoms with Crippen molar-refractivity contribution in [1.82, 2.24) is 0 Å². The van der Waals surface area contributed by atoms with Gasteiger partial charge in [0.1, 0.15) is 11.9 Å². The van der Waals surface area contributed by atoms with Crippen LogP contribution in [0.25, 0.3) is 0 Å². The van der Waals surface area contributed by atoms with Crippen LogP contribution in [0.4, 0.5) is 0 Å². The van der Waals surface area contributed by atoms with Crippen molar-refractivity contribution < 1.29 is 19.1 Å². The lowest BCUT2D eigenvalue weighted by Gasteiger charge is -2.32. The van der Waals surface area contributed by atoms with Gasteiger partial charge in [0.15, 0.2) is 0 Å². The van der Waals surface area contributed by atoms with Gasteiger partial charge in [-0.15, -0.1) is 11.8 Å². The van der Waals surface area contributed by atoms with Crippen LogP contribution in [0.3, 0.4) is 0 Å². The summed E-state index contributed by atoms with van der Waals surface area (Å²) in [5.74, 6) is 3.18. The average Bonchev–Trinajstić information content (AvgIpc) is 2.73. The fourth-order valence-corrected chi connectivity index (χ4v) is 5.56. The second kappa shape index (κ2) is 12.5. The van der Waals surface area contributed by atoms with Crippen molar-refractivity contribution in [3.8, 4) is 5.75 Å². The lowest BCUT2D eigenvalue weighted by Crippen LogP contribution is -2.32. The van der Waals surface area contributed by atoms with Crippen molar-refractivity contribution in [2.24, 2.45) is 10.8 Å². The fraction of sp³-hybridized carbons (Fsp3) is 0.538. The first kappa shape index (κ1) is 26.6. The zero-order valence-electron chi connectivity index (χ0n) is 19.9. The van der Waals surface area contributed by atoms with Gasteiger partial charge >= 0.3 is 11.9 Å². The van der Waals surface area contributed by atoms with Gasteiger partial charge in [0.25, 0.3) is 0 Å². The Morgan fingerprint density at radius 2 is 1.81 bits per heavy atom. The highest BCUT2D eigenvalue weighted by molar-refractivity contribution is 8.05. The molecule has 0 aliphatic heterocycles. The molecule has 1 aliphatic rings. The molecule has 1 aliphatic carbocycles. The van der Waals surface area contributed by atoms with E-state index in [0.717, 1.165) is 30.1 Å². The third kappa shape index (κ3) is 8.70. The Morgan fingerprint density at radius 1 is 1.09 bits per heavy atom. The molecule has 176 valence electrons. The van der Waals surface area contributed by atoms with Crippen LogP contribution in [0, 0.1) is 10.8 Å². The molecule has 1 aromatic carbocycles. The zero-order valence-corrected chi connectivity index (χ0v) is 21.5. The number of carbonyl (C=O) groups excluding carboxylic acids is 2. The van der Waals surface area contributed by atoms with E-state index in [9.17, 15) is 9.59 Å². The number of benzene rings is 1. The van der Waals surface area contributed by atoms with E-state index in [1.54, 1.807) is 12.1 Å². The summed E-state index contributed by atoms with van der Waals surface area (Å²) < 4.78 is 11.1. The van der Waals surface area contributed by atoms with Gasteiger partial charge in [0, 0.05) is 28.2 Å². The summed E-state index contributed by atoms with van der Waals surface area (Å²) in [6, 6.07) is 9.22. The van der Waals surface area contributed by atoms with Crippen LogP contribution < -0.4 is 4.74 Å². The van der Waals surface area contributed by atoms with E-state index in [1.165, 1.54) is 4.91 Å². The number of hydrogen-bond acceptors (Lipinski definition) is 6. The number of carbonyl (C=O) groups is 2. The maximum absolute atomic E-state index is 12.5. The van der Waals surface area contributed by atoms with E-state index in [0.29, 0.717) is 12.2 Å². The molecule has 0 spiro atoms. The summed E-state index contributed by atoms with van der Waals surface area (Å²) >= 11 is 3.68. The predicted octanol–water partition coefficient (Wildman–Crippen LogP) is 6.67. The summed E-state index contributed by atoms with van der Waals surface area (Å²) in [6.07, 6.45) is 8.10. The first-order chi connectivity index (χ1) is 15.1. The standard InChI is InChI=1S/C26H36O4S2/c1-6-10-23(27)30-22-14-13-21(19-26(22,4)5)32-18-17-31-16-15-25(2,3)24(28)29-20-11-8-7-9-12-20/h7-9,11-14,19,22H,6,10,15-18H2,1-5H3. The largest absolute Gasteiger partial charge is 0.457 e. The molecule has 1 aromatic rings. The van der Waals surface area contributed by atoms with Crippen LogP contribution in [0.2, 0.25) is 0 Å². The third-order valence-electron chi connectivity index (χ3n) is 5.27. The van der Waals surface area contributed by atoms with Crippen molar-refractivity contribution in [2.45, 2.75) is 60.0 Å². The molecule has 0 aromatic heterocycles. The van der Waals surface area contributed by atoms with Gasteiger partial charge in [0.05, 0.1) is 5.41 Å². The Kier molecular flexibility index (Phi) is 10.4. The minimum Gasteiger partial charge on any atom is -0.457 e. The SMILES string of the molecule is CCCC(=O)OC1C=CC(SCCSCCC(C)(C)C(=O)Oc2ccccc2)=CC1(C)C. The van der Waals surface area contributed by atoms with Gasteiger partial charge in [-0.1, -0.05) is 45.0 Å².